The first kappa shape index (κ1) is 11.5. The van der Waals surface area contributed by atoms with E-state index in [2.05, 4.69) is 17.3 Å². The molecule has 2 rings (SSSR count). The molecule has 1 unspecified atom stereocenters. The summed E-state index contributed by atoms with van der Waals surface area (Å²) in [6.07, 6.45) is 5.79. The molecule has 90 valence electrons. The van der Waals surface area contributed by atoms with Gasteiger partial charge < -0.3 is 10.1 Å². The lowest BCUT2D eigenvalue weighted by Crippen LogP contribution is -2.32. The number of hydrogen-bond donors (Lipinski definition) is 1. The molecule has 0 aliphatic heterocycles. The van der Waals surface area contributed by atoms with E-state index in [1.54, 1.807) is 7.11 Å². The lowest BCUT2D eigenvalue weighted by atomic mass is 9.78. The van der Waals surface area contributed by atoms with Crippen LogP contribution in [0.1, 0.15) is 37.9 Å². The standard InChI is InChI=1S/C12H21N3O/c1-4-15-12(10(16-3)8-14-15)11(13-2)9-6-5-7-9/h8-9,11,13H,4-7H2,1-3H3. The van der Waals surface area contributed by atoms with E-state index < -0.39 is 0 Å². The fourth-order valence-corrected chi connectivity index (χ4v) is 2.47. The maximum Gasteiger partial charge on any atom is 0.161 e. The van der Waals surface area contributed by atoms with Crippen LogP contribution in [0.2, 0.25) is 0 Å². The molecule has 0 radical (unpaired) electrons. The van der Waals surface area contributed by atoms with Crippen LogP contribution in [0.5, 0.6) is 5.75 Å². The first-order valence-electron chi connectivity index (χ1n) is 6.08. The molecule has 1 aliphatic carbocycles. The Morgan fingerprint density at radius 1 is 1.62 bits per heavy atom. The van der Waals surface area contributed by atoms with Crippen LogP contribution in [0.3, 0.4) is 0 Å². The molecule has 0 saturated heterocycles. The molecule has 0 amide bonds. The van der Waals surface area contributed by atoms with Gasteiger partial charge in [0.25, 0.3) is 0 Å². The Balaban J connectivity index is 2.30. The third kappa shape index (κ3) is 1.82. The summed E-state index contributed by atoms with van der Waals surface area (Å²) in [4.78, 5) is 0. The molecule has 16 heavy (non-hydrogen) atoms. The Morgan fingerprint density at radius 3 is 2.81 bits per heavy atom. The molecule has 1 saturated carbocycles. The lowest BCUT2D eigenvalue weighted by molar-refractivity contribution is 0.226. The van der Waals surface area contributed by atoms with Crippen LogP contribution in [0.4, 0.5) is 0 Å². The summed E-state index contributed by atoms with van der Waals surface area (Å²) in [6.45, 7) is 3.01. The van der Waals surface area contributed by atoms with Gasteiger partial charge in [-0.3, -0.25) is 4.68 Å². The fraction of sp³-hybridized carbons (Fsp3) is 0.750. The number of aryl methyl sites for hydroxylation is 1. The average Bonchev–Trinajstić information content (AvgIpc) is 2.65. The van der Waals surface area contributed by atoms with Crippen molar-refractivity contribution in [3.63, 3.8) is 0 Å². The molecule has 1 N–H and O–H groups in total. The van der Waals surface area contributed by atoms with Gasteiger partial charge in [-0.25, -0.2) is 0 Å². The highest BCUT2D eigenvalue weighted by Gasteiger charge is 2.31. The van der Waals surface area contributed by atoms with Crippen molar-refractivity contribution in [3.8, 4) is 5.75 Å². The molecule has 1 aromatic heterocycles. The van der Waals surface area contributed by atoms with E-state index in [0.29, 0.717) is 6.04 Å². The van der Waals surface area contributed by atoms with Crippen molar-refractivity contribution in [2.75, 3.05) is 14.2 Å². The van der Waals surface area contributed by atoms with Crippen molar-refractivity contribution < 1.29 is 4.74 Å². The zero-order valence-electron chi connectivity index (χ0n) is 10.4. The quantitative estimate of drug-likeness (QED) is 0.829. The predicted octanol–water partition coefficient (Wildman–Crippen LogP) is 1.97. The van der Waals surface area contributed by atoms with Crippen molar-refractivity contribution in [3.05, 3.63) is 11.9 Å². The van der Waals surface area contributed by atoms with Gasteiger partial charge in [0.2, 0.25) is 0 Å². The summed E-state index contributed by atoms with van der Waals surface area (Å²) in [7, 11) is 3.74. The minimum Gasteiger partial charge on any atom is -0.493 e. The second-order valence-electron chi connectivity index (χ2n) is 4.37. The third-order valence-corrected chi connectivity index (χ3v) is 3.59. The molecule has 1 aliphatic rings. The Labute approximate surface area is 97.0 Å². The minimum atomic E-state index is 0.381. The van der Waals surface area contributed by atoms with E-state index in [-0.39, 0.29) is 0 Å². The largest absolute Gasteiger partial charge is 0.493 e. The monoisotopic (exact) mass is 223 g/mol. The Bertz CT molecular complexity index is 323. The zero-order chi connectivity index (χ0) is 11.5. The number of rotatable bonds is 5. The highest BCUT2D eigenvalue weighted by Crippen LogP contribution is 2.40. The molecule has 0 bridgehead atoms. The molecule has 1 atom stereocenters. The molecule has 4 nitrogen and oxygen atoms in total. The highest BCUT2D eigenvalue weighted by molar-refractivity contribution is 5.29. The number of nitrogens with zero attached hydrogens (tertiary/aromatic N) is 2. The van der Waals surface area contributed by atoms with Crippen LogP contribution < -0.4 is 10.1 Å². The highest BCUT2D eigenvalue weighted by atomic mass is 16.5. The van der Waals surface area contributed by atoms with E-state index >= 15 is 0 Å². The van der Waals surface area contributed by atoms with E-state index in [0.717, 1.165) is 18.2 Å². The Hall–Kier alpha value is -1.03. The van der Waals surface area contributed by atoms with Crippen molar-refractivity contribution >= 4 is 0 Å². The first-order valence-corrected chi connectivity index (χ1v) is 6.08. The maximum atomic E-state index is 5.41. The van der Waals surface area contributed by atoms with E-state index in [4.69, 9.17) is 4.74 Å². The van der Waals surface area contributed by atoms with Gasteiger partial charge in [-0.1, -0.05) is 6.42 Å². The summed E-state index contributed by atoms with van der Waals surface area (Å²) < 4.78 is 7.45. The van der Waals surface area contributed by atoms with Gasteiger partial charge in [0, 0.05) is 6.54 Å². The Kier molecular flexibility index (Phi) is 3.49. The summed E-state index contributed by atoms with van der Waals surface area (Å²) in [5.41, 5.74) is 1.21. The lowest BCUT2D eigenvalue weighted by Gasteiger charge is -2.34. The molecule has 4 heteroatoms. The van der Waals surface area contributed by atoms with Crippen molar-refractivity contribution in [2.45, 2.75) is 38.8 Å². The molecular formula is C12H21N3O. The summed E-state index contributed by atoms with van der Waals surface area (Å²) >= 11 is 0. The summed E-state index contributed by atoms with van der Waals surface area (Å²) in [5.74, 6) is 1.65. The topological polar surface area (TPSA) is 39.1 Å². The molecule has 1 aromatic rings. The third-order valence-electron chi connectivity index (χ3n) is 3.59. The van der Waals surface area contributed by atoms with Gasteiger partial charge in [-0.15, -0.1) is 0 Å². The number of ether oxygens (including phenoxy) is 1. The van der Waals surface area contributed by atoms with Crippen LogP contribution in [0.15, 0.2) is 6.20 Å². The number of aromatic nitrogens is 2. The molecular weight excluding hydrogens is 202 g/mol. The van der Waals surface area contributed by atoms with Crippen LogP contribution in [0.25, 0.3) is 0 Å². The van der Waals surface area contributed by atoms with Crippen LogP contribution in [0, 0.1) is 5.92 Å². The van der Waals surface area contributed by atoms with Crippen molar-refractivity contribution in [1.82, 2.24) is 15.1 Å². The van der Waals surface area contributed by atoms with E-state index in [1.807, 2.05) is 17.9 Å². The van der Waals surface area contributed by atoms with E-state index in [9.17, 15) is 0 Å². The van der Waals surface area contributed by atoms with Crippen LogP contribution in [-0.4, -0.2) is 23.9 Å². The molecule has 1 heterocycles. The second kappa shape index (κ2) is 4.87. The number of hydrogen-bond acceptors (Lipinski definition) is 3. The van der Waals surface area contributed by atoms with Gasteiger partial charge in [0.05, 0.1) is 25.0 Å². The van der Waals surface area contributed by atoms with Crippen molar-refractivity contribution in [2.24, 2.45) is 5.92 Å². The van der Waals surface area contributed by atoms with Gasteiger partial charge in [-0.05, 0) is 32.7 Å². The summed E-state index contributed by atoms with van der Waals surface area (Å²) in [6, 6.07) is 0.381. The van der Waals surface area contributed by atoms with Crippen LogP contribution in [-0.2, 0) is 6.54 Å². The van der Waals surface area contributed by atoms with Gasteiger partial charge in [-0.2, -0.15) is 5.10 Å². The molecule has 0 spiro atoms. The van der Waals surface area contributed by atoms with E-state index in [1.165, 1.54) is 25.0 Å². The zero-order valence-corrected chi connectivity index (χ0v) is 10.4. The smallest absolute Gasteiger partial charge is 0.161 e. The van der Waals surface area contributed by atoms with Gasteiger partial charge >= 0.3 is 0 Å². The molecule has 1 fully saturated rings. The normalized spacial score (nSPS) is 18.2. The minimum absolute atomic E-state index is 0.381. The molecule has 0 aromatic carbocycles. The summed E-state index contributed by atoms with van der Waals surface area (Å²) in [5, 5.41) is 7.78. The fourth-order valence-electron chi connectivity index (χ4n) is 2.47. The maximum absolute atomic E-state index is 5.41. The number of methoxy groups -OCH3 is 1. The van der Waals surface area contributed by atoms with Crippen molar-refractivity contribution in [1.29, 1.82) is 0 Å². The second-order valence-corrected chi connectivity index (χ2v) is 4.37. The van der Waals surface area contributed by atoms with Gasteiger partial charge in [0.1, 0.15) is 0 Å². The first-order chi connectivity index (χ1) is 7.81. The predicted molar refractivity (Wildman–Crippen MR) is 63.6 cm³/mol. The van der Waals surface area contributed by atoms with Gasteiger partial charge in [0.15, 0.2) is 5.75 Å². The number of nitrogens with one attached hydrogen (secondary N) is 1. The Morgan fingerprint density at radius 2 is 2.38 bits per heavy atom. The average molecular weight is 223 g/mol. The van der Waals surface area contributed by atoms with Crippen LogP contribution >= 0.6 is 0 Å². The SMILES string of the molecule is CCn1ncc(OC)c1C(NC)C1CCC1.